The van der Waals surface area contributed by atoms with Gasteiger partial charge in [-0.25, -0.2) is 8.42 Å². The van der Waals surface area contributed by atoms with E-state index in [1.807, 2.05) is 12.1 Å². The van der Waals surface area contributed by atoms with Crippen LogP contribution in [-0.4, -0.2) is 31.6 Å². The standard InChI is InChI=1S/C12H16O4S/c1-8(17(2,14)15)11(13)10-5-3-4-9-6-7-16-12(9)10/h3-5,8,11,13H,6-7H2,1-2H3. The van der Waals surface area contributed by atoms with Crippen LogP contribution in [0.5, 0.6) is 5.75 Å². The van der Waals surface area contributed by atoms with E-state index >= 15 is 0 Å². The second kappa shape index (κ2) is 4.31. The summed E-state index contributed by atoms with van der Waals surface area (Å²) in [6.45, 7) is 2.10. The highest BCUT2D eigenvalue weighted by Crippen LogP contribution is 2.35. The molecule has 17 heavy (non-hydrogen) atoms. The number of fused-ring (bicyclic) bond motifs is 1. The lowest BCUT2D eigenvalue weighted by atomic mass is 10.0. The van der Waals surface area contributed by atoms with Crippen molar-refractivity contribution in [1.29, 1.82) is 0 Å². The molecule has 0 aliphatic carbocycles. The third-order valence-corrected chi connectivity index (χ3v) is 4.79. The molecular formula is C12H16O4S. The molecule has 1 aliphatic rings. The van der Waals surface area contributed by atoms with Crippen LogP contribution in [0.25, 0.3) is 0 Å². The van der Waals surface area contributed by atoms with Gasteiger partial charge in [0.25, 0.3) is 0 Å². The molecule has 0 saturated heterocycles. The molecule has 1 heterocycles. The smallest absolute Gasteiger partial charge is 0.152 e. The Morgan fingerprint density at radius 2 is 2.12 bits per heavy atom. The average molecular weight is 256 g/mol. The minimum atomic E-state index is -3.27. The number of rotatable bonds is 3. The second-order valence-electron chi connectivity index (χ2n) is 4.41. The number of para-hydroxylation sites is 1. The van der Waals surface area contributed by atoms with E-state index in [-0.39, 0.29) is 0 Å². The van der Waals surface area contributed by atoms with Gasteiger partial charge >= 0.3 is 0 Å². The number of aliphatic hydroxyl groups excluding tert-OH is 1. The quantitative estimate of drug-likeness (QED) is 0.879. The molecule has 0 fully saturated rings. The molecule has 2 rings (SSSR count). The van der Waals surface area contributed by atoms with Crippen molar-refractivity contribution in [2.75, 3.05) is 12.9 Å². The number of sulfone groups is 1. The van der Waals surface area contributed by atoms with E-state index in [2.05, 4.69) is 0 Å². The molecule has 1 N–H and O–H groups in total. The molecule has 0 amide bonds. The third-order valence-electron chi connectivity index (χ3n) is 3.18. The minimum Gasteiger partial charge on any atom is -0.493 e. The Balaban J connectivity index is 2.39. The zero-order chi connectivity index (χ0) is 12.6. The molecule has 1 aromatic rings. The van der Waals surface area contributed by atoms with Crippen molar-refractivity contribution >= 4 is 9.84 Å². The highest BCUT2D eigenvalue weighted by atomic mass is 32.2. The minimum absolute atomic E-state index is 0.568. The van der Waals surface area contributed by atoms with Gasteiger partial charge in [-0.05, 0) is 12.5 Å². The SMILES string of the molecule is CC(C(O)c1cccc2c1OCC2)S(C)(=O)=O. The van der Waals surface area contributed by atoms with Crippen LogP contribution in [0.3, 0.4) is 0 Å². The van der Waals surface area contributed by atoms with Crippen LogP contribution in [-0.2, 0) is 16.3 Å². The Labute approximate surface area is 101 Å². The Bertz CT molecular complexity index is 521. The molecule has 2 unspecified atom stereocenters. The fourth-order valence-electron chi connectivity index (χ4n) is 1.96. The molecule has 0 aromatic heterocycles. The Morgan fingerprint density at radius 3 is 2.76 bits per heavy atom. The van der Waals surface area contributed by atoms with Crippen LogP contribution in [0.4, 0.5) is 0 Å². The Morgan fingerprint density at radius 1 is 1.41 bits per heavy atom. The fourth-order valence-corrected chi connectivity index (χ4v) is 2.58. The van der Waals surface area contributed by atoms with Crippen molar-refractivity contribution in [3.05, 3.63) is 29.3 Å². The molecule has 4 nitrogen and oxygen atoms in total. The van der Waals surface area contributed by atoms with Gasteiger partial charge in [0.05, 0.1) is 18.0 Å². The summed E-state index contributed by atoms with van der Waals surface area (Å²) in [7, 11) is -3.27. The summed E-state index contributed by atoms with van der Waals surface area (Å²) in [6, 6.07) is 5.47. The molecule has 1 aliphatic heterocycles. The number of hydrogen-bond acceptors (Lipinski definition) is 4. The summed E-state index contributed by atoms with van der Waals surface area (Å²) in [6.07, 6.45) is 0.895. The van der Waals surface area contributed by atoms with Gasteiger partial charge in [0, 0.05) is 18.2 Å². The van der Waals surface area contributed by atoms with E-state index in [4.69, 9.17) is 4.74 Å². The summed E-state index contributed by atoms with van der Waals surface area (Å²) in [5, 5.41) is 9.29. The van der Waals surface area contributed by atoms with E-state index in [1.54, 1.807) is 6.07 Å². The zero-order valence-electron chi connectivity index (χ0n) is 9.88. The van der Waals surface area contributed by atoms with Crippen LogP contribution in [0.15, 0.2) is 18.2 Å². The third kappa shape index (κ3) is 2.30. The van der Waals surface area contributed by atoms with Crippen molar-refractivity contribution < 1.29 is 18.3 Å². The first-order valence-corrected chi connectivity index (χ1v) is 7.48. The monoisotopic (exact) mass is 256 g/mol. The first-order chi connectivity index (χ1) is 7.91. The van der Waals surface area contributed by atoms with Crippen molar-refractivity contribution in [3.8, 4) is 5.75 Å². The zero-order valence-corrected chi connectivity index (χ0v) is 10.7. The van der Waals surface area contributed by atoms with Gasteiger partial charge in [-0.15, -0.1) is 0 Å². The molecule has 5 heteroatoms. The van der Waals surface area contributed by atoms with E-state index in [9.17, 15) is 13.5 Å². The lowest BCUT2D eigenvalue weighted by Crippen LogP contribution is -2.24. The van der Waals surface area contributed by atoms with E-state index < -0.39 is 21.2 Å². The number of aliphatic hydroxyl groups is 1. The van der Waals surface area contributed by atoms with E-state index in [1.165, 1.54) is 6.92 Å². The Hall–Kier alpha value is -1.07. The number of hydrogen-bond donors (Lipinski definition) is 1. The maximum absolute atomic E-state index is 11.4. The van der Waals surface area contributed by atoms with E-state index in [0.29, 0.717) is 17.9 Å². The summed E-state index contributed by atoms with van der Waals surface area (Å²) in [5.41, 5.74) is 1.60. The predicted octanol–water partition coefficient (Wildman–Crippen LogP) is 1.09. The number of ether oxygens (including phenoxy) is 1. The molecule has 0 bridgehead atoms. The topological polar surface area (TPSA) is 63.6 Å². The molecule has 1 aromatic carbocycles. The molecule has 2 atom stereocenters. The highest BCUT2D eigenvalue weighted by Gasteiger charge is 2.29. The van der Waals surface area contributed by atoms with Crippen LogP contribution in [0.1, 0.15) is 24.2 Å². The summed E-state index contributed by atoms with van der Waals surface area (Å²) < 4.78 is 28.3. The first-order valence-electron chi connectivity index (χ1n) is 5.53. The molecule has 0 spiro atoms. The van der Waals surface area contributed by atoms with Crippen molar-refractivity contribution in [1.82, 2.24) is 0 Å². The van der Waals surface area contributed by atoms with Gasteiger partial charge in [-0.3, -0.25) is 0 Å². The van der Waals surface area contributed by atoms with Gasteiger partial charge in [0.15, 0.2) is 9.84 Å². The molecule has 0 radical (unpaired) electrons. The largest absolute Gasteiger partial charge is 0.493 e. The van der Waals surface area contributed by atoms with Gasteiger partial charge < -0.3 is 9.84 Å². The van der Waals surface area contributed by atoms with Gasteiger partial charge in [-0.1, -0.05) is 18.2 Å². The molecule has 94 valence electrons. The lowest BCUT2D eigenvalue weighted by Gasteiger charge is -2.19. The van der Waals surface area contributed by atoms with Gasteiger partial charge in [0.2, 0.25) is 0 Å². The normalized spacial score (nSPS) is 18.3. The van der Waals surface area contributed by atoms with Crippen LogP contribution in [0.2, 0.25) is 0 Å². The summed E-state index contributed by atoms with van der Waals surface area (Å²) >= 11 is 0. The van der Waals surface area contributed by atoms with Crippen molar-refractivity contribution in [3.63, 3.8) is 0 Å². The average Bonchev–Trinajstić information content (AvgIpc) is 2.73. The maximum Gasteiger partial charge on any atom is 0.152 e. The van der Waals surface area contributed by atoms with Crippen LogP contribution in [0, 0.1) is 0 Å². The first kappa shape index (κ1) is 12.4. The number of benzene rings is 1. The predicted molar refractivity (Wildman–Crippen MR) is 64.9 cm³/mol. The highest BCUT2D eigenvalue weighted by molar-refractivity contribution is 7.91. The van der Waals surface area contributed by atoms with Crippen LogP contribution < -0.4 is 4.74 Å². The van der Waals surface area contributed by atoms with Crippen LogP contribution >= 0.6 is 0 Å². The summed E-state index contributed by atoms with van der Waals surface area (Å²) in [4.78, 5) is 0. The molecule has 0 saturated carbocycles. The lowest BCUT2D eigenvalue weighted by molar-refractivity contribution is 0.171. The summed E-state index contributed by atoms with van der Waals surface area (Å²) in [5.74, 6) is 0.649. The van der Waals surface area contributed by atoms with Gasteiger partial charge in [0.1, 0.15) is 5.75 Å². The van der Waals surface area contributed by atoms with E-state index in [0.717, 1.165) is 18.2 Å². The van der Waals surface area contributed by atoms with Gasteiger partial charge in [-0.2, -0.15) is 0 Å². The molecular weight excluding hydrogens is 240 g/mol. The van der Waals surface area contributed by atoms with Crippen molar-refractivity contribution in [2.24, 2.45) is 0 Å². The fraction of sp³-hybridized carbons (Fsp3) is 0.500. The van der Waals surface area contributed by atoms with Crippen molar-refractivity contribution in [2.45, 2.75) is 24.7 Å². The maximum atomic E-state index is 11.4. The second-order valence-corrected chi connectivity index (χ2v) is 6.82. The Kier molecular flexibility index (Phi) is 3.14.